The van der Waals surface area contributed by atoms with Gasteiger partial charge in [-0.05, 0) is 36.9 Å². The molecule has 0 saturated heterocycles. The molecule has 2 aromatic rings. The first-order chi connectivity index (χ1) is 9.29. The monoisotopic (exact) mass is 320 g/mol. The van der Waals surface area contributed by atoms with Gasteiger partial charge in [0.2, 0.25) is 0 Å². The lowest BCUT2D eigenvalue weighted by atomic mass is 10.2. The summed E-state index contributed by atoms with van der Waals surface area (Å²) in [4.78, 5) is 4.10. The Kier molecular flexibility index (Phi) is 5.36. The molecular weight excluding hydrogens is 304 g/mol. The highest BCUT2D eigenvalue weighted by molar-refractivity contribution is 9.10. The molecule has 0 aliphatic heterocycles. The largest absolute Gasteiger partial charge is 0.493 e. The first-order valence-corrected chi connectivity index (χ1v) is 7.03. The first kappa shape index (κ1) is 14.0. The van der Waals surface area contributed by atoms with Crippen LogP contribution in [0.2, 0.25) is 0 Å². The molecule has 0 atom stereocenters. The van der Waals surface area contributed by atoms with Crippen LogP contribution in [-0.2, 0) is 13.0 Å². The summed E-state index contributed by atoms with van der Waals surface area (Å²) < 4.78 is 6.93. The van der Waals surface area contributed by atoms with E-state index >= 15 is 0 Å². The van der Waals surface area contributed by atoms with E-state index in [1.165, 1.54) is 5.56 Å². The predicted molar refractivity (Wildman–Crippen MR) is 80.3 cm³/mol. The SMILES string of the molecule is CNCc1cc(Br)ccc1OCCc1cccnc1. The van der Waals surface area contributed by atoms with Crippen molar-refractivity contribution in [2.75, 3.05) is 13.7 Å². The van der Waals surface area contributed by atoms with E-state index in [2.05, 4.69) is 38.4 Å². The molecule has 1 aromatic carbocycles. The highest BCUT2D eigenvalue weighted by atomic mass is 79.9. The molecule has 0 aliphatic carbocycles. The molecule has 0 spiro atoms. The van der Waals surface area contributed by atoms with E-state index < -0.39 is 0 Å². The summed E-state index contributed by atoms with van der Waals surface area (Å²) in [6.45, 7) is 1.45. The van der Waals surface area contributed by atoms with E-state index in [1.807, 2.05) is 31.4 Å². The lowest BCUT2D eigenvalue weighted by Crippen LogP contribution is -2.09. The Morgan fingerprint density at radius 1 is 1.32 bits per heavy atom. The number of rotatable bonds is 6. The fourth-order valence-corrected chi connectivity index (χ4v) is 2.25. The Labute approximate surface area is 122 Å². The van der Waals surface area contributed by atoms with Crippen LogP contribution in [0, 0.1) is 0 Å². The van der Waals surface area contributed by atoms with Crippen LogP contribution < -0.4 is 10.1 Å². The maximum Gasteiger partial charge on any atom is 0.123 e. The molecule has 0 radical (unpaired) electrons. The molecule has 0 aliphatic rings. The van der Waals surface area contributed by atoms with Gasteiger partial charge in [0.25, 0.3) is 0 Å². The third kappa shape index (κ3) is 4.33. The molecule has 3 nitrogen and oxygen atoms in total. The Morgan fingerprint density at radius 2 is 2.21 bits per heavy atom. The second-order valence-electron chi connectivity index (χ2n) is 4.24. The normalized spacial score (nSPS) is 10.4. The second-order valence-corrected chi connectivity index (χ2v) is 5.16. The fraction of sp³-hybridized carbons (Fsp3) is 0.267. The topological polar surface area (TPSA) is 34.1 Å². The van der Waals surface area contributed by atoms with Crippen LogP contribution in [0.4, 0.5) is 0 Å². The van der Waals surface area contributed by atoms with E-state index in [1.54, 1.807) is 6.20 Å². The standard InChI is InChI=1S/C15H17BrN2O/c1-17-11-13-9-14(16)4-5-15(13)19-8-6-12-3-2-7-18-10-12/h2-5,7,9-10,17H,6,8,11H2,1H3. The summed E-state index contributed by atoms with van der Waals surface area (Å²) in [5.41, 5.74) is 2.35. The quantitative estimate of drug-likeness (QED) is 0.887. The molecule has 1 heterocycles. The minimum atomic E-state index is 0.657. The van der Waals surface area contributed by atoms with Crippen molar-refractivity contribution in [1.29, 1.82) is 0 Å². The molecule has 0 bridgehead atoms. The van der Waals surface area contributed by atoms with Gasteiger partial charge in [0.05, 0.1) is 6.61 Å². The predicted octanol–water partition coefficient (Wildman–Crippen LogP) is 3.19. The minimum Gasteiger partial charge on any atom is -0.493 e. The Balaban J connectivity index is 1.95. The zero-order valence-electron chi connectivity index (χ0n) is 10.9. The van der Waals surface area contributed by atoms with E-state index in [-0.39, 0.29) is 0 Å². The molecular formula is C15H17BrN2O. The summed E-state index contributed by atoms with van der Waals surface area (Å²) in [5.74, 6) is 0.932. The average molecular weight is 321 g/mol. The van der Waals surface area contributed by atoms with Crippen LogP contribution >= 0.6 is 15.9 Å². The van der Waals surface area contributed by atoms with Gasteiger partial charge in [-0.2, -0.15) is 0 Å². The van der Waals surface area contributed by atoms with Gasteiger partial charge in [-0.25, -0.2) is 0 Å². The summed E-state index contributed by atoms with van der Waals surface area (Å²) >= 11 is 3.48. The molecule has 1 N–H and O–H groups in total. The van der Waals surface area contributed by atoms with Crippen LogP contribution in [0.1, 0.15) is 11.1 Å². The average Bonchev–Trinajstić information content (AvgIpc) is 2.43. The van der Waals surface area contributed by atoms with Gasteiger partial charge in [-0.1, -0.05) is 22.0 Å². The molecule has 0 saturated carbocycles. The number of nitrogens with one attached hydrogen (secondary N) is 1. The number of benzene rings is 1. The number of hydrogen-bond acceptors (Lipinski definition) is 3. The number of aromatic nitrogens is 1. The van der Waals surface area contributed by atoms with Crippen molar-refractivity contribution < 1.29 is 4.74 Å². The Hall–Kier alpha value is -1.39. The third-order valence-corrected chi connectivity index (χ3v) is 3.25. The third-order valence-electron chi connectivity index (χ3n) is 2.76. The number of halogens is 1. The number of pyridine rings is 1. The van der Waals surface area contributed by atoms with Crippen LogP contribution in [-0.4, -0.2) is 18.6 Å². The maximum atomic E-state index is 5.86. The van der Waals surface area contributed by atoms with Crippen molar-refractivity contribution in [3.63, 3.8) is 0 Å². The maximum absolute atomic E-state index is 5.86. The van der Waals surface area contributed by atoms with Gasteiger partial charge in [0.1, 0.15) is 5.75 Å². The number of ether oxygens (including phenoxy) is 1. The molecule has 0 unspecified atom stereocenters. The molecule has 19 heavy (non-hydrogen) atoms. The van der Waals surface area contributed by atoms with Crippen molar-refractivity contribution in [2.45, 2.75) is 13.0 Å². The minimum absolute atomic E-state index is 0.657. The fourth-order valence-electron chi connectivity index (χ4n) is 1.84. The van der Waals surface area contributed by atoms with Crippen LogP contribution in [0.3, 0.4) is 0 Å². The number of nitrogens with zero attached hydrogens (tertiary/aromatic N) is 1. The van der Waals surface area contributed by atoms with Gasteiger partial charge in [-0.3, -0.25) is 4.98 Å². The zero-order chi connectivity index (χ0) is 13.5. The van der Waals surface area contributed by atoms with E-state index in [0.29, 0.717) is 6.61 Å². The van der Waals surface area contributed by atoms with Crippen LogP contribution in [0.5, 0.6) is 5.75 Å². The van der Waals surface area contributed by atoms with Gasteiger partial charge < -0.3 is 10.1 Å². The van der Waals surface area contributed by atoms with Gasteiger partial charge in [-0.15, -0.1) is 0 Å². The molecule has 2 rings (SSSR count). The lowest BCUT2D eigenvalue weighted by molar-refractivity contribution is 0.318. The van der Waals surface area contributed by atoms with Crippen LogP contribution in [0.15, 0.2) is 47.2 Å². The van der Waals surface area contributed by atoms with Crippen molar-refractivity contribution in [3.05, 3.63) is 58.3 Å². The zero-order valence-corrected chi connectivity index (χ0v) is 12.5. The highest BCUT2D eigenvalue weighted by Crippen LogP contribution is 2.23. The number of hydrogen-bond donors (Lipinski definition) is 1. The molecule has 0 fully saturated rings. The van der Waals surface area contributed by atoms with E-state index in [4.69, 9.17) is 4.74 Å². The summed E-state index contributed by atoms with van der Waals surface area (Å²) in [7, 11) is 1.93. The smallest absolute Gasteiger partial charge is 0.123 e. The second kappa shape index (κ2) is 7.26. The van der Waals surface area contributed by atoms with E-state index in [9.17, 15) is 0 Å². The van der Waals surface area contributed by atoms with Crippen LogP contribution in [0.25, 0.3) is 0 Å². The highest BCUT2D eigenvalue weighted by Gasteiger charge is 2.04. The first-order valence-electron chi connectivity index (χ1n) is 6.24. The van der Waals surface area contributed by atoms with Gasteiger partial charge in [0, 0.05) is 35.4 Å². The summed E-state index contributed by atoms with van der Waals surface area (Å²) in [6.07, 6.45) is 4.52. The van der Waals surface area contributed by atoms with E-state index in [0.717, 1.165) is 28.8 Å². The molecule has 100 valence electrons. The lowest BCUT2D eigenvalue weighted by Gasteiger charge is -2.11. The molecule has 4 heteroatoms. The van der Waals surface area contributed by atoms with Crippen molar-refractivity contribution in [2.24, 2.45) is 0 Å². The molecule has 0 amide bonds. The molecule has 1 aromatic heterocycles. The summed E-state index contributed by atoms with van der Waals surface area (Å²) in [6, 6.07) is 10.1. The Bertz CT molecular complexity index is 517. The van der Waals surface area contributed by atoms with Crippen molar-refractivity contribution in [1.82, 2.24) is 10.3 Å². The Morgan fingerprint density at radius 3 is 2.95 bits per heavy atom. The van der Waals surface area contributed by atoms with Gasteiger partial charge in [0.15, 0.2) is 0 Å². The van der Waals surface area contributed by atoms with Gasteiger partial charge >= 0.3 is 0 Å². The summed E-state index contributed by atoms with van der Waals surface area (Å²) in [5, 5.41) is 3.15. The van der Waals surface area contributed by atoms with Crippen molar-refractivity contribution in [3.8, 4) is 5.75 Å². The van der Waals surface area contributed by atoms with Crippen molar-refractivity contribution >= 4 is 15.9 Å².